The summed E-state index contributed by atoms with van der Waals surface area (Å²) in [4.78, 5) is 20.5. The standard InChI is InChI=1S/C27H29N3O3/c1-2-3-17-32-18-7-16-28-27(31)21-12-15-24-25(19-21)30-26(29-24)20-10-13-23(14-11-20)33-22-8-5-4-6-9-22/h4-6,8-15,19H,2-3,7,16-18H2,1H3,(H,28,31)(H,29,30). The van der Waals surface area contributed by atoms with Crippen molar-refractivity contribution in [1.29, 1.82) is 0 Å². The third kappa shape index (κ3) is 6.20. The first kappa shape index (κ1) is 22.6. The van der Waals surface area contributed by atoms with Crippen LogP contribution in [0, 0.1) is 0 Å². The van der Waals surface area contributed by atoms with E-state index >= 15 is 0 Å². The predicted molar refractivity (Wildman–Crippen MR) is 131 cm³/mol. The van der Waals surface area contributed by atoms with Gasteiger partial charge in [-0.1, -0.05) is 31.5 Å². The minimum Gasteiger partial charge on any atom is -0.457 e. The number of benzene rings is 3. The first-order valence-electron chi connectivity index (χ1n) is 11.4. The molecule has 2 N–H and O–H groups in total. The minimum absolute atomic E-state index is 0.0935. The molecular formula is C27H29N3O3. The van der Waals surface area contributed by atoms with E-state index < -0.39 is 0 Å². The van der Waals surface area contributed by atoms with Crippen LogP contribution in [0.5, 0.6) is 11.5 Å². The van der Waals surface area contributed by atoms with Crippen molar-refractivity contribution in [2.24, 2.45) is 0 Å². The molecule has 0 saturated carbocycles. The molecule has 0 saturated heterocycles. The zero-order valence-electron chi connectivity index (χ0n) is 18.8. The number of aromatic nitrogens is 2. The van der Waals surface area contributed by atoms with E-state index in [0.717, 1.165) is 59.8 Å². The van der Waals surface area contributed by atoms with Crippen molar-refractivity contribution in [3.8, 4) is 22.9 Å². The summed E-state index contributed by atoms with van der Waals surface area (Å²) in [5, 5.41) is 2.95. The van der Waals surface area contributed by atoms with Gasteiger partial charge in [-0.2, -0.15) is 0 Å². The monoisotopic (exact) mass is 443 g/mol. The largest absolute Gasteiger partial charge is 0.457 e. The third-order valence-corrected chi connectivity index (χ3v) is 5.24. The fourth-order valence-electron chi connectivity index (χ4n) is 3.42. The van der Waals surface area contributed by atoms with Gasteiger partial charge in [-0.15, -0.1) is 0 Å². The summed E-state index contributed by atoms with van der Waals surface area (Å²) in [5.41, 5.74) is 3.19. The van der Waals surface area contributed by atoms with Gasteiger partial charge in [0.15, 0.2) is 0 Å². The summed E-state index contributed by atoms with van der Waals surface area (Å²) in [5.74, 6) is 2.21. The van der Waals surface area contributed by atoms with Crippen LogP contribution in [0.3, 0.4) is 0 Å². The summed E-state index contributed by atoms with van der Waals surface area (Å²) in [6.07, 6.45) is 3.00. The second-order valence-electron chi connectivity index (χ2n) is 7.83. The first-order valence-corrected chi connectivity index (χ1v) is 11.4. The molecule has 1 amide bonds. The molecule has 3 aromatic carbocycles. The Morgan fingerprint density at radius 3 is 2.48 bits per heavy atom. The van der Waals surface area contributed by atoms with Crippen LogP contribution >= 0.6 is 0 Å². The number of nitrogens with zero attached hydrogens (tertiary/aromatic N) is 1. The van der Waals surface area contributed by atoms with Gasteiger partial charge >= 0.3 is 0 Å². The maximum absolute atomic E-state index is 12.5. The Balaban J connectivity index is 1.36. The second-order valence-corrected chi connectivity index (χ2v) is 7.83. The highest BCUT2D eigenvalue weighted by molar-refractivity contribution is 5.97. The molecule has 0 aliphatic rings. The van der Waals surface area contributed by atoms with Crippen molar-refractivity contribution in [2.75, 3.05) is 19.8 Å². The van der Waals surface area contributed by atoms with Gasteiger partial charge in [-0.3, -0.25) is 4.79 Å². The molecule has 33 heavy (non-hydrogen) atoms. The van der Waals surface area contributed by atoms with Crippen LogP contribution in [0.25, 0.3) is 22.4 Å². The van der Waals surface area contributed by atoms with Gasteiger partial charge in [-0.25, -0.2) is 4.98 Å². The average Bonchev–Trinajstić information content (AvgIpc) is 3.28. The van der Waals surface area contributed by atoms with Gasteiger partial charge in [0.25, 0.3) is 5.91 Å². The van der Waals surface area contributed by atoms with Crippen molar-refractivity contribution in [1.82, 2.24) is 15.3 Å². The van der Waals surface area contributed by atoms with Crippen LogP contribution in [0.1, 0.15) is 36.5 Å². The fourth-order valence-corrected chi connectivity index (χ4v) is 3.42. The van der Waals surface area contributed by atoms with E-state index in [1.807, 2.05) is 66.7 Å². The van der Waals surface area contributed by atoms with Gasteiger partial charge in [0, 0.05) is 30.9 Å². The van der Waals surface area contributed by atoms with Crippen molar-refractivity contribution < 1.29 is 14.3 Å². The Morgan fingerprint density at radius 2 is 1.70 bits per heavy atom. The quantitative estimate of drug-likeness (QED) is 0.281. The third-order valence-electron chi connectivity index (χ3n) is 5.24. The number of carbonyl (C=O) groups excluding carboxylic acids is 1. The predicted octanol–water partition coefficient (Wildman–Crippen LogP) is 5.96. The Bertz CT molecular complexity index is 1170. The van der Waals surface area contributed by atoms with Crippen LogP contribution in [-0.4, -0.2) is 35.6 Å². The molecule has 0 spiro atoms. The molecule has 6 heteroatoms. The molecule has 1 heterocycles. The maximum atomic E-state index is 12.5. The molecule has 0 bridgehead atoms. The number of carbonyl (C=O) groups is 1. The molecule has 0 unspecified atom stereocenters. The summed E-state index contributed by atoms with van der Waals surface area (Å²) in [6.45, 7) is 4.18. The lowest BCUT2D eigenvalue weighted by Gasteiger charge is -2.06. The number of ether oxygens (including phenoxy) is 2. The Labute approximate surface area is 194 Å². The number of unbranched alkanes of at least 4 members (excludes halogenated alkanes) is 1. The molecule has 0 aliphatic carbocycles. The molecule has 0 atom stereocenters. The zero-order valence-corrected chi connectivity index (χ0v) is 18.8. The van der Waals surface area contributed by atoms with Crippen molar-refractivity contribution in [2.45, 2.75) is 26.2 Å². The summed E-state index contributed by atoms with van der Waals surface area (Å²) >= 11 is 0. The first-order chi connectivity index (χ1) is 16.2. The van der Waals surface area contributed by atoms with Crippen LogP contribution in [0.4, 0.5) is 0 Å². The smallest absolute Gasteiger partial charge is 0.251 e. The van der Waals surface area contributed by atoms with E-state index in [1.54, 1.807) is 6.07 Å². The normalized spacial score (nSPS) is 10.9. The zero-order chi connectivity index (χ0) is 22.9. The lowest BCUT2D eigenvalue weighted by molar-refractivity contribution is 0.0940. The fraction of sp³-hybridized carbons (Fsp3) is 0.259. The van der Waals surface area contributed by atoms with Gasteiger partial charge in [0.05, 0.1) is 11.0 Å². The van der Waals surface area contributed by atoms with Crippen molar-refractivity contribution in [3.63, 3.8) is 0 Å². The molecule has 0 fully saturated rings. The van der Waals surface area contributed by atoms with E-state index in [-0.39, 0.29) is 5.91 Å². The van der Waals surface area contributed by atoms with Crippen LogP contribution in [0.15, 0.2) is 72.8 Å². The highest BCUT2D eigenvalue weighted by Gasteiger charge is 2.10. The number of aromatic amines is 1. The van der Waals surface area contributed by atoms with Crippen molar-refractivity contribution >= 4 is 16.9 Å². The number of imidazole rings is 1. The number of hydrogen-bond acceptors (Lipinski definition) is 4. The minimum atomic E-state index is -0.0935. The van der Waals surface area contributed by atoms with Crippen LogP contribution < -0.4 is 10.1 Å². The number of H-pyrrole nitrogens is 1. The molecule has 0 radical (unpaired) electrons. The number of hydrogen-bond donors (Lipinski definition) is 2. The van der Waals surface area contributed by atoms with E-state index in [1.165, 1.54) is 0 Å². The van der Waals surface area contributed by atoms with Gasteiger partial charge in [0.2, 0.25) is 0 Å². The Hall–Kier alpha value is -3.64. The number of amides is 1. The summed E-state index contributed by atoms with van der Waals surface area (Å²) in [7, 11) is 0. The van der Waals surface area contributed by atoms with Gasteiger partial charge < -0.3 is 19.8 Å². The van der Waals surface area contributed by atoms with E-state index in [2.05, 4.69) is 22.2 Å². The molecule has 1 aromatic heterocycles. The lowest BCUT2D eigenvalue weighted by atomic mass is 10.2. The van der Waals surface area contributed by atoms with Gasteiger partial charge in [-0.05, 0) is 67.4 Å². The number of para-hydroxylation sites is 1. The number of rotatable bonds is 11. The molecule has 6 nitrogen and oxygen atoms in total. The van der Waals surface area contributed by atoms with E-state index in [4.69, 9.17) is 9.47 Å². The Morgan fingerprint density at radius 1 is 0.939 bits per heavy atom. The lowest BCUT2D eigenvalue weighted by Crippen LogP contribution is -2.25. The second kappa shape index (κ2) is 11.3. The average molecular weight is 444 g/mol. The highest BCUT2D eigenvalue weighted by Crippen LogP contribution is 2.26. The summed E-state index contributed by atoms with van der Waals surface area (Å²) < 4.78 is 11.4. The van der Waals surface area contributed by atoms with E-state index in [0.29, 0.717) is 18.7 Å². The SMILES string of the molecule is CCCCOCCCNC(=O)c1ccc2nc(-c3ccc(Oc4ccccc4)cc3)[nH]c2c1. The topological polar surface area (TPSA) is 76.2 Å². The van der Waals surface area contributed by atoms with Crippen LogP contribution in [0.2, 0.25) is 0 Å². The summed E-state index contributed by atoms with van der Waals surface area (Å²) in [6, 6.07) is 22.9. The maximum Gasteiger partial charge on any atom is 0.251 e. The number of fused-ring (bicyclic) bond motifs is 1. The van der Waals surface area contributed by atoms with Gasteiger partial charge in [0.1, 0.15) is 17.3 Å². The highest BCUT2D eigenvalue weighted by atomic mass is 16.5. The Kier molecular flexibility index (Phi) is 7.72. The van der Waals surface area contributed by atoms with Crippen LogP contribution in [-0.2, 0) is 4.74 Å². The van der Waals surface area contributed by atoms with E-state index in [9.17, 15) is 4.79 Å². The molecular weight excluding hydrogens is 414 g/mol. The molecule has 4 rings (SSSR count). The molecule has 4 aromatic rings. The van der Waals surface area contributed by atoms with Crippen molar-refractivity contribution in [3.05, 3.63) is 78.4 Å². The number of nitrogens with one attached hydrogen (secondary N) is 2. The molecule has 0 aliphatic heterocycles. The molecule has 170 valence electrons.